The predicted molar refractivity (Wildman–Crippen MR) is 102 cm³/mol. The first-order valence-corrected chi connectivity index (χ1v) is 9.26. The number of hydrogen-bond acceptors (Lipinski definition) is 2. The Morgan fingerprint density at radius 3 is 2.14 bits per heavy atom. The minimum Gasteiger partial charge on any atom is -0.316 e. The van der Waals surface area contributed by atoms with E-state index in [-0.39, 0.29) is 12.6 Å². The summed E-state index contributed by atoms with van der Waals surface area (Å²) in [5.41, 5.74) is 1.70. The number of nitrogens with zero attached hydrogens (tertiary/aromatic N) is 2. The molecule has 29 heavy (non-hydrogen) atoms. The van der Waals surface area contributed by atoms with Gasteiger partial charge in [0.15, 0.2) is 6.67 Å². The van der Waals surface area contributed by atoms with Crippen LogP contribution >= 0.6 is 0 Å². The van der Waals surface area contributed by atoms with Crippen LogP contribution < -0.4 is 9.80 Å². The third kappa shape index (κ3) is 4.42. The summed E-state index contributed by atoms with van der Waals surface area (Å²) < 4.78 is 38.0. The lowest BCUT2D eigenvalue weighted by Gasteiger charge is -2.21. The molecule has 1 N–H and O–H groups in total. The smallest absolute Gasteiger partial charge is 0.316 e. The summed E-state index contributed by atoms with van der Waals surface area (Å²) in [4.78, 5) is 29.0. The van der Waals surface area contributed by atoms with Gasteiger partial charge >= 0.3 is 12.2 Å². The molecule has 5 nitrogen and oxygen atoms in total. The Labute approximate surface area is 167 Å². The standard InChI is InChI=1S/C21H22F3N3O2/c1-14-4-10-18(11-5-14)27-15(2)19(28)26(20(27)29)13-25(3)12-16-6-8-17(9-7-16)21(22,23)24/h4-11,15H,12-13H2,1-3H3/p+1/t15-/m1/s1. The molecule has 2 aromatic carbocycles. The van der Waals surface area contributed by atoms with Gasteiger partial charge in [0, 0.05) is 11.3 Å². The lowest BCUT2D eigenvalue weighted by molar-refractivity contribution is -0.901. The van der Waals surface area contributed by atoms with Crippen LogP contribution in [0.1, 0.15) is 23.6 Å². The minimum atomic E-state index is -4.37. The Balaban J connectivity index is 1.68. The topological polar surface area (TPSA) is 45.1 Å². The summed E-state index contributed by atoms with van der Waals surface area (Å²) in [6, 6.07) is 11.3. The van der Waals surface area contributed by atoms with Crippen molar-refractivity contribution in [2.24, 2.45) is 0 Å². The van der Waals surface area contributed by atoms with Crippen molar-refractivity contribution in [3.63, 3.8) is 0 Å². The van der Waals surface area contributed by atoms with E-state index < -0.39 is 23.8 Å². The molecule has 1 aliphatic rings. The quantitative estimate of drug-likeness (QED) is 0.777. The second kappa shape index (κ2) is 7.87. The lowest BCUT2D eigenvalue weighted by Crippen LogP contribution is -3.09. The largest absolute Gasteiger partial charge is 0.416 e. The molecule has 0 bridgehead atoms. The number of nitrogens with one attached hydrogen (secondary N) is 1. The van der Waals surface area contributed by atoms with E-state index in [4.69, 9.17) is 0 Å². The summed E-state index contributed by atoms with van der Waals surface area (Å²) in [6.07, 6.45) is -4.37. The number of alkyl halides is 3. The number of anilines is 1. The van der Waals surface area contributed by atoms with Gasteiger partial charge in [0.1, 0.15) is 12.6 Å². The molecule has 8 heteroatoms. The molecule has 154 valence electrons. The van der Waals surface area contributed by atoms with Crippen LogP contribution in [0, 0.1) is 6.92 Å². The molecule has 1 unspecified atom stereocenters. The molecule has 2 atom stereocenters. The fraction of sp³-hybridized carbons (Fsp3) is 0.333. The SMILES string of the molecule is Cc1ccc(N2C(=O)N(C[NH+](C)Cc3ccc(C(F)(F)F)cc3)C(=O)[C@H]2C)cc1. The number of aryl methyl sites for hydroxylation is 1. The van der Waals surface area contributed by atoms with Crippen molar-refractivity contribution in [3.05, 3.63) is 65.2 Å². The van der Waals surface area contributed by atoms with Crippen molar-refractivity contribution in [1.82, 2.24) is 4.90 Å². The molecule has 0 aliphatic carbocycles. The molecule has 1 heterocycles. The van der Waals surface area contributed by atoms with Gasteiger partial charge in [-0.05, 0) is 38.1 Å². The third-order valence-corrected chi connectivity index (χ3v) is 4.98. The van der Waals surface area contributed by atoms with E-state index in [0.717, 1.165) is 22.6 Å². The highest BCUT2D eigenvalue weighted by Gasteiger charge is 2.44. The van der Waals surface area contributed by atoms with Crippen molar-refractivity contribution >= 4 is 17.6 Å². The number of hydrogen-bond donors (Lipinski definition) is 1. The zero-order valence-electron chi connectivity index (χ0n) is 16.5. The zero-order chi connectivity index (χ0) is 21.3. The molecule has 1 saturated heterocycles. The van der Waals surface area contributed by atoms with Crippen LogP contribution in [-0.2, 0) is 17.5 Å². The summed E-state index contributed by atoms with van der Waals surface area (Å²) >= 11 is 0. The van der Waals surface area contributed by atoms with Crippen LogP contribution in [-0.4, -0.2) is 36.6 Å². The van der Waals surface area contributed by atoms with Gasteiger partial charge in [0.05, 0.1) is 12.6 Å². The minimum absolute atomic E-state index is 0.130. The number of quaternary nitrogens is 1. The number of halogens is 3. The molecule has 1 aliphatic heterocycles. The van der Waals surface area contributed by atoms with Crippen LogP contribution in [0.2, 0.25) is 0 Å². The van der Waals surface area contributed by atoms with Gasteiger partial charge in [-0.25, -0.2) is 9.69 Å². The Hall–Kier alpha value is -2.87. The van der Waals surface area contributed by atoms with E-state index in [2.05, 4.69) is 0 Å². The highest BCUT2D eigenvalue weighted by atomic mass is 19.4. The number of carbonyl (C=O) groups excluding carboxylic acids is 2. The summed E-state index contributed by atoms with van der Waals surface area (Å²) in [6.45, 7) is 4.14. The average molecular weight is 406 g/mol. The molecular formula is C21H23F3N3O2+. The van der Waals surface area contributed by atoms with E-state index in [0.29, 0.717) is 17.8 Å². The Morgan fingerprint density at radius 2 is 1.59 bits per heavy atom. The van der Waals surface area contributed by atoms with Crippen LogP contribution in [0.25, 0.3) is 0 Å². The van der Waals surface area contributed by atoms with E-state index >= 15 is 0 Å². The number of imide groups is 1. The molecule has 0 aromatic heterocycles. The molecule has 3 rings (SSSR count). The molecule has 2 aromatic rings. The molecular weight excluding hydrogens is 383 g/mol. The first-order valence-electron chi connectivity index (χ1n) is 9.26. The molecule has 1 fully saturated rings. The Kier molecular flexibility index (Phi) is 5.66. The third-order valence-electron chi connectivity index (χ3n) is 4.98. The van der Waals surface area contributed by atoms with Crippen LogP contribution in [0.4, 0.5) is 23.7 Å². The van der Waals surface area contributed by atoms with Crippen molar-refractivity contribution < 1.29 is 27.7 Å². The van der Waals surface area contributed by atoms with Gasteiger partial charge in [-0.2, -0.15) is 13.2 Å². The van der Waals surface area contributed by atoms with E-state index in [1.807, 2.05) is 19.1 Å². The molecule has 0 saturated carbocycles. The number of rotatable bonds is 5. The van der Waals surface area contributed by atoms with Gasteiger partial charge < -0.3 is 4.90 Å². The highest BCUT2D eigenvalue weighted by Crippen LogP contribution is 2.29. The summed E-state index contributed by atoms with van der Waals surface area (Å²) in [7, 11) is 1.79. The fourth-order valence-electron chi connectivity index (χ4n) is 3.40. The molecule has 3 amide bonds. The predicted octanol–water partition coefficient (Wildman–Crippen LogP) is 2.84. The maximum atomic E-state index is 12.8. The van der Waals surface area contributed by atoms with Crippen molar-refractivity contribution in [2.75, 3.05) is 18.6 Å². The fourth-order valence-corrected chi connectivity index (χ4v) is 3.40. The van der Waals surface area contributed by atoms with Crippen molar-refractivity contribution in [2.45, 2.75) is 32.6 Å². The zero-order valence-corrected chi connectivity index (χ0v) is 16.5. The lowest BCUT2D eigenvalue weighted by atomic mass is 10.1. The van der Waals surface area contributed by atoms with E-state index in [1.54, 1.807) is 26.1 Å². The van der Waals surface area contributed by atoms with Gasteiger partial charge in [-0.3, -0.25) is 9.69 Å². The monoisotopic (exact) mass is 406 g/mol. The highest BCUT2D eigenvalue weighted by molar-refractivity contribution is 6.13. The second-order valence-corrected chi connectivity index (χ2v) is 7.42. The van der Waals surface area contributed by atoms with E-state index in [1.165, 1.54) is 21.9 Å². The number of carbonyl (C=O) groups is 2. The van der Waals surface area contributed by atoms with Crippen LogP contribution in [0.5, 0.6) is 0 Å². The van der Waals surface area contributed by atoms with Gasteiger partial charge in [-0.15, -0.1) is 0 Å². The summed E-state index contributed by atoms with van der Waals surface area (Å²) in [5, 5.41) is 0. The first-order chi connectivity index (χ1) is 13.6. The number of amides is 3. The van der Waals surface area contributed by atoms with Gasteiger partial charge in [0.2, 0.25) is 0 Å². The van der Waals surface area contributed by atoms with Gasteiger partial charge in [-0.1, -0.05) is 29.8 Å². The first kappa shape index (κ1) is 20.9. The maximum absolute atomic E-state index is 12.8. The Bertz CT molecular complexity index is 895. The number of benzene rings is 2. The van der Waals surface area contributed by atoms with E-state index in [9.17, 15) is 22.8 Å². The normalized spacial score (nSPS) is 18.5. The maximum Gasteiger partial charge on any atom is 0.416 e. The molecule has 0 spiro atoms. The molecule has 0 radical (unpaired) electrons. The average Bonchev–Trinajstić information content (AvgIpc) is 2.86. The van der Waals surface area contributed by atoms with Gasteiger partial charge in [0.25, 0.3) is 5.91 Å². The number of urea groups is 1. The van der Waals surface area contributed by atoms with Crippen LogP contribution in [0.3, 0.4) is 0 Å². The van der Waals surface area contributed by atoms with Crippen LogP contribution in [0.15, 0.2) is 48.5 Å². The second-order valence-electron chi connectivity index (χ2n) is 7.42. The van der Waals surface area contributed by atoms with Crippen molar-refractivity contribution in [3.8, 4) is 0 Å². The Morgan fingerprint density at radius 1 is 1.00 bits per heavy atom. The van der Waals surface area contributed by atoms with Crippen molar-refractivity contribution in [1.29, 1.82) is 0 Å². The summed E-state index contributed by atoms with van der Waals surface area (Å²) in [5.74, 6) is -0.289.